The highest BCUT2D eigenvalue weighted by Gasteiger charge is 2.23. The van der Waals surface area contributed by atoms with Crippen LogP contribution in [0, 0.1) is 12.7 Å². The van der Waals surface area contributed by atoms with Gasteiger partial charge in [0.15, 0.2) is 17.1 Å². The van der Waals surface area contributed by atoms with Crippen LogP contribution in [0.15, 0.2) is 40.9 Å². The number of hydrogen-bond donors (Lipinski definition) is 1. The Bertz CT molecular complexity index is 1470. The lowest BCUT2D eigenvalue weighted by Crippen LogP contribution is -2.46. The van der Waals surface area contributed by atoms with Gasteiger partial charge in [-0.2, -0.15) is 4.52 Å². The van der Waals surface area contributed by atoms with Gasteiger partial charge < -0.3 is 15.2 Å². The number of anilines is 2. The average molecular weight is 432 g/mol. The Morgan fingerprint density at radius 1 is 1.06 bits per heavy atom. The van der Waals surface area contributed by atoms with Gasteiger partial charge in [0, 0.05) is 43.0 Å². The normalized spacial score (nSPS) is 15.4. The molecule has 1 fully saturated rings. The molecule has 9 nitrogen and oxygen atoms in total. The lowest BCUT2D eigenvalue weighted by atomic mass is 10.1. The summed E-state index contributed by atoms with van der Waals surface area (Å²) in [6, 6.07) is 11.0. The summed E-state index contributed by atoms with van der Waals surface area (Å²) in [5.41, 5.74) is 9.42. The number of rotatable bonds is 3. The van der Waals surface area contributed by atoms with Gasteiger partial charge in [-0.1, -0.05) is 17.3 Å². The predicted octanol–water partition coefficient (Wildman–Crippen LogP) is 2.77. The van der Waals surface area contributed by atoms with Gasteiger partial charge in [0.1, 0.15) is 5.82 Å². The molecule has 0 bridgehead atoms. The maximum Gasteiger partial charge on any atom is 0.223 e. The van der Waals surface area contributed by atoms with E-state index in [0.29, 0.717) is 48.3 Å². The molecule has 5 aromatic rings. The number of nitrogen functional groups attached to an aromatic ring is 1. The van der Waals surface area contributed by atoms with Crippen molar-refractivity contribution in [1.29, 1.82) is 0 Å². The van der Waals surface area contributed by atoms with Crippen molar-refractivity contribution in [3.63, 3.8) is 0 Å². The van der Waals surface area contributed by atoms with E-state index >= 15 is 0 Å². The quantitative estimate of drug-likeness (QED) is 0.464. The highest BCUT2D eigenvalue weighted by atomic mass is 19.1. The van der Waals surface area contributed by atoms with Crippen LogP contribution in [-0.2, 0) is 6.54 Å². The molecule has 1 saturated heterocycles. The fourth-order valence-corrected chi connectivity index (χ4v) is 4.34. The van der Waals surface area contributed by atoms with Crippen molar-refractivity contribution in [2.75, 3.05) is 36.8 Å². The molecule has 3 aromatic heterocycles. The van der Waals surface area contributed by atoms with Gasteiger partial charge in [-0.15, -0.1) is 5.10 Å². The largest absolute Gasteiger partial charge is 0.368 e. The van der Waals surface area contributed by atoms with Crippen LogP contribution >= 0.6 is 0 Å². The number of nitrogens with two attached hydrogens (primary N) is 1. The number of nitrogens with zero attached hydrogens (tertiary/aromatic N) is 7. The third kappa shape index (κ3) is 3.02. The molecule has 10 heteroatoms. The molecule has 162 valence electrons. The number of piperazine rings is 1. The van der Waals surface area contributed by atoms with E-state index in [1.165, 1.54) is 6.07 Å². The maximum atomic E-state index is 14.7. The zero-order chi connectivity index (χ0) is 21.8. The van der Waals surface area contributed by atoms with Crippen molar-refractivity contribution < 1.29 is 8.91 Å². The smallest absolute Gasteiger partial charge is 0.223 e. The zero-order valence-electron chi connectivity index (χ0n) is 17.5. The number of fused-ring (bicyclic) bond motifs is 4. The van der Waals surface area contributed by atoms with Crippen LogP contribution < -0.4 is 10.6 Å². The summed E-state index contributed by atoms with van der Waals surface area (Å²) in [4.78, 5) is 13.5. The lowest BCUT2D eigenvalue weighted by Gasteiger charge is -2.35. The van der Waals surface area contributed by atoms with E-state index in [4.69, 9.17) is 15.2 Å². The summed E-state index contributed by atoms with van der Waals surface area (Å²) >= 11 is 0. The first kappa shape index (κ1) is 18.9. The van der Waals surface area contributed by atoms with E-state index in [-0.39, 0.29) is 5.82 Å². The minimum absolute atomic E-state index is 0.293. The summed E-state index contributed by atoms with van der Waals surface area (Å²) in [5.74, 6) is 0.715. The van der Waals surface area contributed by atoms with Gasteiger partial charge in [0.2, 0.25) is 5.95 Å². The highest BCUT2D eigenvalue weighted by Crippen LogP contribution is 2.29. The minimum atomic E-state index is -0.293. The Morgan fingerprint density at radius 3 is 2.72 bits per heavy atom. The lowest BCUT2D eigenvalue weighted by molar-refractivity contribution is 0.243. The van der Waals surface area contributed by atoms with E-state index in [2.05, 4.69) is 25.0 Å². The Hall–Kier alpha value is -3.79. The molecule has 32 heavy (non-hydrogen) atoms. The van der Waals surface area contributed by atoms with Gasteiger partial charge in [0.05, 0.1) is 23.4 Å². The third-order valence-corrected chi connectivity index (χ3v) is 6.05. The molecule has 0 aliphatic carbocycles. The summed E-state index contributed by atoms with van der Waals surface area (Å²) in [5, 5.41) is 10.3. The van der Waals surface area contributed by atoms with Crippen LogP contribution in [0.4, 0.5) is 16.0 Å². The van der Waals surface area contributed by atoms with Gasteiger partial charge in [-0.3, -0.25) is 4.90 Å². The molecular weight excluding hydrogens is 411 g/mol. The van der Waals surface area contributed by atoms with Crippen LogP contribution in [-0.4, -0.2) is 55.8 Å². The number of aryl methyl sites for hydroxylation is 1. The first-order valence-electron chi connectivity index (χ1n) is 10.5. The molecule has 0 radical (unpaired) electrons. The first-order chi connectivity index (χ1) is 15.6. The van der Waals surface area contributed by atoms with Gasteiger partial charge in [-0.25, -0.2) is 14.4 Å². The third-order valence-electron chi connectivity index (χ3n) is 6.05. The highest BCUT2D eigenvalue weighted by molar-refractivity contribution is 5.92. The molecule has 2 aromatic carbocycles. The molecule has 4 heterocycles. The molecule has 0 unspecified atom stereocenters. The Kier molecular flexibility index (Phi) is 4.22. The average Bonchev–Trinajstić information content (AvgIpc) is 3.38. The molecule has 2 N–H and O–H groups in total. The van der Waals surface area contributed by atoms with Crippen molar-refractivity contribution in [2.45, 2.75) is 13.5 Å². The summed E-state index contributed by atoms with van der Waals surface area (Å²) in [7, 11) is 0. The molecule has 0 amide bonds. The Balaban J connectivity index is 1.21. The fraction of sp³-hybridized carbons (Fsp3) is 0.273. The van der Waals surface area contributed by atoms with Crippen LogP contribution in [0.5, 0.6) is 0 Å². The number of para-hydroxylation sites is 1. The van der Waals surface area contributed by atoms with Gasteiger partial charge >= 0.3 is 0 Å². The molecule has 6 rings (SSSR count). The summed E-state index contributed by atoms with van der Waals surface area (Å²) < 4.78 is 21.4. The van der Waals surface area contributed by atoms with Crippen LogP contribution in [0.3, 0.4) is 0 Å². The summed E-state index contributed by atoms with van der Waals surface area (Å²) in [6.45, 7) is 5.39. The van der Waals surface area contributed by atoms with Crippen LogP contribution in [0.1, 0.15) is 11.5 Å². The number of aromatic nitrogens is 5. The van der Waals surface area contributed by atoms with Crippen LogP contribution in [0.2, 0.25) is 0 Å². The molecule has 0 saturated carbocycles. The Labute approximate surface area is 182 Å². The molecular formula is C22H21FN8O. The summed E-state index contributed by atoms with van der Waals surface area (Å²) in [6.07, 6.45) is 0. The van der Waals surface area contributed by atoms with Crippen molar-refractivity contribution in [3.8, 4) is 0 Å². The molecule has 1 aliphatic heterocycles. The zero-order valence-corrected chi connectivity index (χ0v) is 17.5. The fourth-order valence-electron chi connectivity index (χ4n) is 4.34. The van der Waals surface area contributed by atoms with Gasteiger partial charge in [0.25, 0.3) is 0 Å². The van der Waals surface area contributed by atoms with E-state index < -0.39 is 0 Å². The van der Waals surface area contributed by atoms with Crippen molar-refractivity contribution >= 4 is 39.2 Å². The van der Waals surface area contributed by atoms with E-state index in [1.807, 2.05) is 37.3 Å². The van der Waals surface area contributed by atoms with E-state index in [0.717, 1.165) is 35.1 Å². The monoisotopic (exact) mass is 432 g/mol. The Morgan fingerprint density at radius 2 is 1.88 bits per heavy atom. The molecule has 1 aliphatic rings. The second-order valence-corrected chi connectivity index (χ2v) is 8.08. The van der Waals surface area contributed by atoms with E-state index in [1.54, 1.807) is 4.52 Å². The van der Waals surface area contributed by atoms with Crippen molar-refractivity contribution in [1.82, 2.24) is 29.6 Å². The standard InChI is InChI=1S/C22H21FN8O/c1-13-15-10-18(16(23)11-19(15)32-28-13)30-8-6-29(7-9-30)12-20-26-21-14-4-2-3-5-17(14)25-22(24)31(21)27-20/h2-5,10-11H,6-9,12H2,1H3,(H2,24,25). The maximum absolute atomic E-state index is 14.7. The van der Waals surface area contributed by atoms with E-state index in [9.17, 15) is 4.39 Å². The first-order valence-corrected chi connectivity index (χ1v) is 10.5. The number of halogens is 1. The number of hydrogen-bond acceptors (Lipinski definition) is 8. The molecule has 0 spiro atoms. The topological polar surface area (TPSA) is 102 Å². The molecule has 0 atom stereocenters. The minimum Gasteiger partial charge on any atom is -0.368 e. The SMILES string of the molecule is Cc1noc2cc(F)c(N3CCN(Cc4nc5c6ccccc6nc(N)n5n4)CC3)cc12. The van der Waals surface area contributed by atoms with Crippen molar-refractivity contribution in [2.24, 2.45) is 0 Å². The van der Waals surface area contributed by atoms with Crippen molar-refractivity contribution in [3.05, 3.63) is 53.7 Å². The second kappa shape index (κ2) is 7.13. The van der Waals surface area contributed by atoms with Crippen LogP contribution in [0.25, 0.3) is 27.5 Å². The number of benzene rings is 2. The second-order valence-electron chi connectivity index (χ2n) is 8.08. The van der Waals surface area contributed by atoms with Gasteiger partial charge in [-0.05, 0) is 25.1 Å². The predicted molar refractivity (Wildman–Crippen MR) is 119 cm³/mol.